The molecule has 25 heavy (non-hydrogen) atoms. The molecule has 0 spiro atoms. The van der Waals surface area contributed by atoms with Gasteiger partial charge in [-0.3, -0.25) is 4.21 Å². The van der Waals surface area contributed by atoms with E-state index >= 15 is 0 Å². The molecule has 3 nitrogen and oxygen atoms in total. The molecule has 0 saturated carbocycles. The third-order valence-corrected chi connectivity index (χ3v) is 6.07. The molecule has 0 aromatic heterocycles. The lowest BCUT2D eigenvalue weighted by atomic mass is 10.0. The average molecular weight is 377 g/mol. The van der Waals surface area contributed by atoms with Gasteiger partial charge in [0.1, 0.15) is 0 Å². The molecule has 1 aliphatic rings. The van der Waals surface area contributed by atoms with Gasteiger partial charge in [-0.05, 0) is 49.6 Å². The van der Waals surface area contributed by atoms with Crippen molar-refractivity contribution in [2.45, 2.75) is 36.7 Å². The minimum Gasteiger partial charge on any atom is -0.369 e. The van der Waals surface area contributed by atoms with Crippen molar-refractivity contribution in [2.75, 3.05) is 24.2 Å². The molecule has 1 saturated heterocycles. The van der Waals surface area contributed by atoms with Crippen LogP contribution in [0.3, 0.4) is 0 Å². The van der Waals surface area contributed by atoms with Crippen LogP contribution in [0.2, 0.25) is 5.02 Å². The molecule has 2 aromatic rings. The van der Waals surface area contributed by atoms with Crippen molar-refractivity contribution < 1.29 is 4.21 Å². The summed E-state index contributed by atoms with van der Waals surface area (Å²) in [5, 5.41) is 4.56. The quantitative estimate of drug-likeness (QED) is 0.839. The zero-order valence-corrected chi connectivity index (χ0v) is 16.3. The summed E-state index contributed by atoms with van der Waals surface area (Å²) in [6.07, 6.45) is 4.04. The van der Waals surface area contributed by atoms with Gasteiger partial charge in [-0.2, -0.15) is 0 Å². The Kier molecular flexibility index (Phi) is 6.15. The predicted molar refractivity (Wildman–Crippen MR) is 107 cm³/mol. The maximum Gasteiger partial charge on any atom is 0.0639 e. The Hall–Kier alpha value is -1.36. The van der Waals surface area contributed by atoms with Crippen molar-refractivity contribution in [1.29, 1.82) is 0 Å². The van der Waals surface area contributed by atoms with E-state index in [1.165, 1.54) is 12.0 Å². The minimum atomic E-state index is -0.925. The smallest absolute Gasteiger partial charge is 0.0639 e. The number of hydrogen-bond donors (Lipinski definition) is 1. The minimum absolute atomic E-state index is 0.260. The van der Waals surface area contributed by atoms with Gasteiger partial charge in [-0.1, -0.05) is 35.9 Å². The Labute approximate surface area is 157 Å². The van der Waals surface area contributed by atoms with E-state index < -0.39 is 10.8 Å². The molecule has 3 atom stereocenters. The molecule has 5 heteroatoms. The first kappa shape index (κ1) is 18.4. The van der Waals surface area contributed by atoms with Crippen LogP contribution in [-0.2, 0) is 10.8 Å². The summed E-state index contributed by atoms with van der Waals surface area (Å²) in [5.41, 5.74) is 2.35. The summed E-state index contributed by atoms with van der Waals surface area (Å²) >= 11 is 6.36. The van der Waals surface area contributed by atoms with Gasteiger partial charge in [0.25, 0.3) is 0 Å². The molecule has 2 aromatic carbocycles. The second-order valence-electron chi connectivity index (χ2n) is 6.65. The van der Waals surface area contributed by atoms with Crippen LogP contribution in [0.15, 0.2) is 53.4 Å². The van der Waals surface area contributed by atoms with Crippen molar-refractivity contribution in [3.05, 3.63) is 59.1 Å². The highest BCUT2D eigenvalue weighted by Gasteiger charge is 2.22. The summed E-state index contributed by atoms with van der Waals surface area (Å²) in [5.74, 6) is 0. The van der Waals surface area contributed by atoms with Crippen LogP contribution >= 0.6 is 11.6 Å². The zero-order valence-electron chi connectivity index (χ0n) is 14.7. The normalized spacial score (nSPS) is 20.3. The first-order valence-electron chi connectivity index (χ1n) is 8.73. The highest BCUT2D eigenvalue weighted by atomic mass is 35.5. The van der Waals surface area contributed by atoms with Crippen molar-refractivity contribution in [2.24, 2.45) is 0 Å². The summed E-state index contributed by atoms with van der Waals surface area (Å²) in [6.45, 7) is 4.20. The fourth-order valence-electron chi connectivity index (χ4n) is 3.44. The number of piperidine rings is 1. The van der Waals surface area contributed by atoms with Crippen LogP contribution in [-0.4, -0.2) is 29.6 Å². The molecule has 3 unspecified atom stereocenters. The Morgan fingerprint density at radius 2 is 1.92 bits per heavy atom. The molecule has 1 fully saturated rings. The molecule has 0 radical (unpaired) electrons. The van der Waals surface area contributed by atoms with Gasteiger partial charge in [0, 0.05) is 47.1 Å². The third kappa shape index (κ3) is 4.63. The van der Waals surface area contributed by atoms with Crippen molar-refractivity contribution in [3.63, 3.8) is 0 Å². The van der Waals surface area contributed by atoms with E-state index in [0.717, 1.165) is 35.1 Å². The number of rotatable bonds is 5. The van der Waals surface area contributed by atoms with Crippen LogP contribution in [0, 0.1) is 0 Å². The third-order valence-electron chi connectivity index (χ3n) is 4.81. The van der Waals surface area contributed by atoms with Crippen LogP contribution in [0.4, 0.5) is 5.69 Å². The first-order valence-corrected chi connectivity index (χ1v) is 10.7. The molecule has 1 heterocycles. The van der Waals surface area contributed by atoms with Gasteiger partial charge >= 0.3 is 0 Å². The topological polar surface area (TPSA) is 32.3 Å². The standard InChI is InChI=1S/C20H25ClN2OS/c1-15(16-9-11-18(12-10-16)25(2)24)22-17-6-5-13-23(14-17)20-8-4-3-7-19(20)21/h3-4,7-12,15,17,22H,5-6,13-14H2,1-2H3. The lowest BCUT2D eigenvalue weighted by Crippen LogP contribution is -2.46. The average Bonchev–Trinajstić information content (AvgIpc) is 2.62. The largest absolute Gasteiger partial charge is 0.369 e. The predicted octanol–water partition coefficient (Wildman–Crippen LogP) is 4.40. The van der Waals surface area contributed by atoms with E-state index in [4.69, 9.17) is 11.6 Å². The Morgan fingerprint density at radius 1 is 1.20 bits per heavy atom. The molecule has 0 aliphatic carbocycles. The Bertz CT molecular complexity index is 735. The molecule has 3 rings (SSSR count). The number of nitrogens with one attached hydrogen (secondary N) is 1. The Balaban J connectivity index is 1.64. The van der Waals surface area contributed by atoms with Crippen molar-refractivity contribution in [3.8, 4) is 0 Å². The summed E-state index contributed by atoms with van der Waals surface area (Å²) in [6, 6.07) is 16.8. The van der Waals surface area contributed by atoms with E-state index in [1.54, 1.807) is 6.26 Å². The summed E-state index contributed by atoms with van der Waals surface area (Å²) < 4.78 is 11.5. The lowest BCUT2D eigenvalue weighted by Gasteiger charge is -2.36. The number of halogens is 1. The van der Waals surface area contributed by atoms with Crippen molar-refractivity contribution in [1.82, 2.24) is 5.32 Å². The molecule has 134 valence electrons. The van der Waals surface area contributed by atoms with E-state index in [2.05, 4.69) is 35.3 Å². The van der Waals surface area contributed by atoms with E-state index in [-0.39, 0.29) is 6.04 Å². The van der Waals surface area contributed by atoms with E-state index in [1.807, 2.05) is 30.3 Å². The number of nitrogens with zero attached hydrogens (tertiary/aromatic N) is 1. The number of anilines is 1. The number of hydrogen-bond acceptors (Lipinski definition) is 3. The fraction of sp³-hybridized carbons (Fsp3) is 0.400. The van der Waals surface area contributed by atoms with Gasteiger partial charge < -0.3 is 10.2 Å². The van der Waals surface area contributed by atoms with Gasteiger partial charge in [0.2, 0.25) is 0 Å². The van der Waals surface area contributed by atoms with Gasteiger partial charge in [0.15, 0.2) is 0 Å². The maximum atomic E-state index is 11.5. The molecular weight excluding hydrogens is 352 g/mol. The highest BCUT2D eigenvalue weighted by molar-refractivity contribution is 7.84. The molecular formula is C20H25ClN2OS. The molecule has 0 bridgehead atoms. The molecule has 0 amide bonds. The van der Waals surface area contributed by atoms with Crippen LogP contribution in [0.25, 0.3) is 0 Å². The summed E-state index contributed by atoms with van der Waals surface area (Å²) in [7, 11) is -0.925. The highest BCUT2D eigenvalue weighted by Crippen LogP contribution is 2.28. The van der Waals surface area contributed by atoms with E-state index in [9.17, 15) is 4.21 Å². The second-order valence-corrected chi connectivity index (χ2v) is 8.43. The molecule has 1 N–H and O–H groups in total. The number of benzene rings is 2. The van der Waals surface area contributed by atoms with Gasteiger partial charge in [-0.15, -0.1) is 0 Å². The monoisotopic (exact) mass is 376 g/mol. The van der Waals surface area contributed by atoms with Crippen molar-refractivity contribution >= 4 is 28.1 Å². The lowest BCUT2D eigenvalue weighted by molar-refractivity contribution is 0.388. The van der Waals surface area contributed by atoms with E-state index in [0.29, 0.717) is 6.04 Å². The molecule has 1 aliphatic heterocycles. The van der Waals surface area contributed by atoms with Gasteiger partial charge in [0.05, 0.1) is 10.7 Å². The van der Waals surface area contributed by atoms with Crippen LogP contribution < -0.4 is 10.2 Å². The van der Waals surface area contributed by atoms with Gasteiger partial charge in [-0.25, -0.2) is 0 Å². The van der Waals surface area contributed by atoms with Crippen LogP contribution in [0.5, 0.6) is 0 Å². The fourth-order valence-corrected chi connectivity index (χ4v) is 4.21. The SMILES string of the molecule is CC(NC1CCCN(c2ccccc2Cl)C1)c1ccc(S(C)=O)cc1. The zero-order chi connectivity index (χ0) is 17.8. The van der Waals surface area contributed by atoms with Crippen LogP contribution in [0.1, 0.15) is 31.4 Å². The second kappa shape index (κ2) is 8.35. The first-order chi connectivity index (χ1) is 12.0. The summed E-state index contributed by atoms with van der Waals surface area (Å²) in [4.78, 5) is 3.25. The number of para-hydroxylation sites is 1. The Morgan fingerprint density at radius 3 is 2.60 bits per heavy atom. The maximum absolute atomic E-state index is 11.5.